The minimum absolute atomic E-state index is 0.645. The molecule has 0 amide bonds. The molecule has 0 saturated heterocycles. The van der Waals surface area contributed by atoms with E-state index < -0.39 is 0 Å². The molecule has 0 heteroatoms. The van der Waals surface area contributed by atoms with E-state index in [-0.39, 0.29) is 0 Å². The maximum atomic E-state index is 2.24. The predicted molar refractivity (Wildman–Crippen MR) is 86.8 cm³/mol. The predicted octanol–water partition coefficient (Wildman–Crippen LogP) is 6.22. The summed E-state index contributed by atoms with van der Waals surface area (Å²) in [6.45, 7) is 13.2. The van der Waals surface area contributed by atoms with E-state index in [1.807, 2.05) is 0 Å². The van der Waals surface area contributed by atoms with Crippen LogP contribution in [0.5, 0.6) is 0 Å². The van der Waals surface area contributed by atoms with Crippen molar-refractivity contribution < 1.29 is 0 Å². The monoisotopic (exact) mass is 256 g/mol. The average molecular weight is 256 g/mol. The highest BCUT2D eigenvalue weighted by molar-refractivity contribution is 5.27. The standard InChI is InChI=1S/C12H18.C7H10/c1-9(2)11-5-7-12(8-6-11)10(3)4;1-6-3-4-7(2)5-6/h5-10H,1-4H3;3-4H,5H2,1-2H3. The topological polar surface area (TPSA) is 0 Å². The van der Waals surface area contributed by atoms with E-state index in [1.54, 1.807) is 0 Å². The normalized spacial score (nSPS) is 14.1. The van der Waals surface area contributed by atoms with Crippen molar-refractivity contribution >= 4 is 0 Å². The van der Waals surface area contributed by atoms with Crippen molar-refractivity contribution in [3.63, 3.8) is 0 Å². The first kappa shape index (κ1) is 15.8. The molecule has 0 atom stereocenters. The van der Waals surface area contributed by atoms with Crippen LogP contribution in [0.1, 0.15) is 70.9 Å². The van der Waals surface area contributed by atoms with Crippen LogP contribution in [0.15, 0.2) is 47.6 Å². The molecule has 1 aromatic carbocycles. The highest BCUT2D eigenvalue weighted by Gasteiger charge is 2.00. The molecule has 0 radical (unpaired) electrons. The van der Waals surface area contributed by atoms with Crippen LogP contribution in [0.3, 0.4) is 0 Å². The minimum Gasteiger partial charge on any atom is -0.0693 e. The fourth-order valence-corrected chi connectivity index (χ4v) is 2.11. The molecule has 1 aliphatic carbocycles. The maximum Gasteiger partial charge on any atom is -0.0108 e. The van der Waals surface area contributed by atoms with Gasteiger partial charge in [-0.25, -0.2) is 0 Å². The van der Waals surface area contributed by atoms with Crippen molar-refractivity contribution in [3.05, 3.63) is 58.7 Å². The van der Waals surface area contributed by atoms with Gasteiger partial charge in [0.25, 0.3) is 0 Å². The van der Waals surface area contributed by atoms with E-state index in [2.05, 4.69) is 78.0 Å². The Kier molecular flexibility index (Phi) is 6.08. The second kappa shape index (κ2) is 7.33. The largest absolute Gasteiger partial charge is 0.0693 e. The van der Waals surface area contributed by atoms with Crippen molar-refractivity contribution in [1.29, 1.82) is 0 Å². The highest BCUT2D eigenvalue weighted by atomic mass is 14.1. The van der Waals surface area contributed by atoms with Crippen molar-refractivity contribution in [3.8, 4) is 0 Å². The van der Waals surface area contributed by atoms with Gasteiger partial charge < -0.3 is 0 Å². The minimum atomic E-state index is 0.645. The maximum absolute atomic E-state index is 2.24. The molecule has 0 aliphatic heterocycles. The van der Waals surface area contributed by atoms with E-state index in [1.165, 1.54) is 28.7 Å². The van der Waals surface area contributed by atoms with E-state index in [0.29, 0.717) is 11.8 Å². The SMILES string of the molecule is CC(C)c1ccc(C(C)C)cc1.CC1=CC=C(C)C1. The van der Waals surface area contributed by atoms with Gasteiger partial charge >= 0.3 is 0 Å². The summed E-state index contributed by atoms with van der Waals surface area (Å²) in [6.07, 6.45) is 5.55. The summed E-state index contributed by atoms with van der Waals surface area (Å²) in [5.74, 6) is 1.29. The Labute approximate surface area is 119 Å². The summed E-state index contributed by atoms with van der Waals surface area (Å²) >= 11 is 0. The summed E-state index contributed by atoms with van der Waals surface area (Å²) in [4.78, 5) is 0. The molecule has 1 aromatic rings. The Morgan fingerprint density at radius 1 is 0.684 bits per heavy atom. The van der Waals surface area contributed by atoms with Gasteiger partial charge in [0.2, 0.25) is 0 Å². The van der Waals surface area contributed by atoms with Gasteiger partial charge in [-0.1, -0.05) is 75.3 Å². The summed E-state index contributed by atoms with van der Waals surface area (Å²) in [6, 6.07) is 8.94. The first-order chi connectivity index (χ1) is 8.90. The fraction of sp³-hybridized carbons (Fsp3) is 0.474. The zero-order chi connectivity index (χ0) is 14.4. The Morgan fingerprint density at radius 2 is 1.00 bits per heavy atom. The quantitative estimate of drug-likeness (QED) is 0.589. The van der Waals surface area contributed by atoms with Crippen LogP contribution in [0.25, 0.3) is 0 Å². The molecular formula is C19H28. The van der Waals surface area contributed by atoms with Crippen molar-refractivity contribution in [1.82, 2.24) is 0 Å². The van der Waals surface area contributed by atoms with Crippen LogP contribution >= 0.6 is 0 Å². The Hall–Kier alpha value is -1.30. The zero-order valence-electron chi connectivity index (χ0n) is 13.3. The number of benzene rings is 1. The van der Waals surface area contributed by atoms with E-state index in [9.17, 15) is 0 Å². The van der Waals surface area contributed by atoms with Crippen LogP contribution in [0, 0.1) is 0 Å². The third-order valence-electron chi connectivity index (χ3n) is 3.48. The smallest absolute Gasteiger partial charge is 0.0108 e. The first-order valence-corrected chi connectivity index (χ1v) is 7.33. The van der Waals surface area contributed by atoms with Crippen LogP contribution in [-0.4, -0.2) is 0 Å². The number of rotatable bonds is 2. The molecule has 2 rings (SSSR count). The third-order valence-corrected chi connectivity index (χ3v) is 3.48. The summed E-state index contributed by atoms with van der Waals surface area (Å²) in [7, 11) is 0. The number of hydrogen-bond acceptors (Lipinski definition) is 0. The van der Waals surface area contributed by atoms with Gasteiger partial charge in [-0.05, 0) is 43.2 Å². The number of hydrogen-bond donors (Lipinski definition) is 0. The molecule has 0 saturated carbocycles. The lowest BCUT2D eigenvalue weighted by molar-refractivity contribution is 0.845. The van der Waals surface area contributed by atoms with Gasteiger partial charge in [0.1, 0.15) is 0 Å². The van der Waals surface area contributed by atoms with Crippen molar-refractivity contribution in [2.24, 2.45) is 0 Å². The molecule has 0 nitrogen and oxygen atoms in total. The molecule has 0 heterocycles. The summed E-state index contributed by atoms with van der Waals surface area (Å²) in [5, 5.41) is 0. The molecule has 0 N–H and O–H groups in total. The fourth-order valence-electron chi connectivity index (χ4n) is 2.11. The summed E-state index contributed by atoms with van der Waals surface area (Å²) < 4.78 is 0. The second-order valence-electron chi connectivity index (χ2n) is 6.18. The Balaban J connectivity index is 0.000000218. The lowest BCUT2D eigenvalue weighted by Gasteiger charge is -2.08. The molecule has 1 aliphatic rings. The lowest BCUT2D eigenvalue weighted by Crippen LogP contribution is -1.90. The second-order valence-corrected chi connectivity index (χ2v) is 6.18. The summed E-state index contributed by atoms with van der Waals surface area (Å²) in [5.41, 5.74) is 5.83. The van der Waals surface area contributed by atoms with Crippen molar-refractivity contribution in [2.45, 2.75) is 59.8 Å². The molecule has 0 unspecified atom stereocenters. The molecule has 0 bridgehead atoms. The van der Waals surface area contributed by atoms with E-state index in [0.717, 1.165) is 0 Å². The molecule has 0 spiro atoms. The van der Waals surface area contributed by atoms with Gasteiger partial charge in [0.15, 0.2) is 0 Å². The van der Waals surface area contributed by atoms with Gasteiger partial charge in [-0.2, -0.15) is 0 Å². The Bertz CT molecular complexity index is 398. The van der Waals surface area contributed by atoms with E-state index >= 15 is 0 Å². The molecule has 0 aromatic heterocycles. The van der Waals surface area contributed by atoms with Crippen LogP contribution in [-0.2, 0) is 0 Å². The Morgan fingerprint density at radius 3 is 1.16 bits per heavy atom. The third kappa shape index (κ3) is 5.46. The van der Waals surface area contributed by atoms with Gasteiger partial charge in [0.05, 0.1) is 0 Å². The zero-order valence-corrected chi connectivity index (χ0v) is 13.3. The average Bonchev–Trinajstić information content (AvgIpc) is 2.74. The molecule has 0 fully saturated rings. The van der Waals surface area contributed by atoms with Gasteiger partial charge in [0, 0.05) is 0 Å². The van der Waals surface area contributed by atoms with Crippen LogP contribution in [0.4, 0.5) is 0 Å². The first-order valence-electron chi connectivity index (χ1n) is 7.33. The lowest BCUT2D eigenvalue weighted by atomic mass is 9.97. The molecule has 19 heavy (non-hydrogen) atoms. The molecular weight excluding hydrogens is 228 g/mol. The molecule has 104 valence electrons. The number of allylic oxidation sites excluding steroid dienone is 4. The van der Waals surface area contributed by atoms with Gasteiger partial charge in [-0.3, -0.25) is 0 Å². The van der Waals surface area contributed by atoms with Gasteiger partial charge in [-0.15, -0.1) is 0 Å². The van der Waals surface area contributed by atoms with E-state index in [4.69, 9.17) is 0 Å². The van der Waals surface area contributed by atoms with Crippen LogP contribution < -0.4 is 0 Å². The highest BCUT2D eigenvalue weighted by Crippen LogP contribution is 2.19. The van der Waals surface area contributed by atoms with Crippen LogP contribution in [0.2, 0.25) is 0 Å². The van der Waals surface area contributed by atoms with Crippen molar-refractivity contribution in [2.75, 3.05) is 0 Å².